The number of hydrogen-bond acceptors (Lipinski definition) is 2. The van der Waals surface area contributed by atoms with Crippen LogP contribution in [0, 0.1) is 17.5 Å². The fraction of sp³-hybridized carbons (Fsp3) is 0.316. The lowest BCUT2D eigenvalue weighted by Crippen LogP contribution is -2.41. The first kappa shape index (κ1) is 17.5. The molecular formula is C19H19F3N2O. The molecule has 3 nitrogen and oxygen atoms in total. The van der Waals surface area contributed by atoms with Crippen molar-refractivity contribution in [2.45, 2.75) is 31.8 Å². The molecule has 0 aromatic heterocycles. The van der Waals surface area contributed by atoms with Crippen LogP contribution in [0.1, 0.15) is 31.4 Å². The molecule has 1 aliphatic rings. The van der Waals surface area contributed by atoms with Gasteiger partial charge in [0.1, 0.15) is 17.5 Å². The zero-order valence-electron chi connectivity index (χ0n) is 13.8. The predicted octanol–water partition coefficient (Wildman–Crippen LogP) is 3.78. The van der Waals surface area contributed by atoms with Crippen LogP contribution in [0.3, 0.4) is 0 Å². The van der Waals surface area contributed by atoms with Crippen molar-refractivity contribution in [3.63, 3.8) is 0 Å². The van der Waals surface area contributed by atoms with Crippen LogP contribution in [0.2, 0.25) is 0 Å². The summed E-state index contributed by atoms with van der Waals surface area (Å²) in [6.45, 7) is 2.74. The second-order valence-electron chi connectivity index (χ2n) is 6.34. The smallest absolute Gasteiger partial charge is 0.234 e. The zero-order valence-corrected chi connectivity index (χ0v) is 13.8. The van der Waals surface area contributed by atoms with Crippen LogP contribution in [0.5, 0.6) is 0 Å². The number of nitrogens with zero attached hydrogens (tertiary/aromatic N) is 1. The molecule has 6 heteroatoms. The minimum Gasteiger partial charge on any atom is -0.368 e. The average Bonchev–Trinajstić information content (AvgIpc) is 3.03. The SMILES string of the molecule is C[C@@H](c1ccc(-c2c(F)cc(F)cc2F)cc1)N1CCCC1C(N)=O. The summed E-state index contributed by atoms with van der Waals surface area (Å²) in [5.74, 6) is -3.16. The van der Waals surface area contributed by atoms with Gasteiger partial charge >= 0.3 is 0 Å². The fourth-order valence-corrected chi connectivity index (χ4v) is 3.50. The Kier molecular flexibility index (Phi) is 4.81. The summed E-state index contributed by atoms with van der Waals surface area (Å²) < 4.78 is 40.8. The number of carbonyl (C=O) groups is 1. The number of hydrogen-bond donors (Lipinski definition) is 1. The van der Waals surface area contributed by atoms with Crippen molar-refractivity contribution in [3.05, 3.63) is 59.4 Å². The van der Waals surface area contributed by atoms with Gasteiger partial charge in [-0.25, -0.2) is 13.2 Å². The number of carbonyl (C=O) groups excluding carboxylic acids is 1. The molecule has 2 aromatic rings. The monoisotopic (exact) mass is 348 g/mol. The van der Waals surface area contributed by atoms with Crippen molar-refractivity contribution < 1.29 is 18.0 Å². The van der Waals surface area contributed by atoms with Crippen LogP contribution < -0.4 is 5.73 Å². The molecule has 2 aromatic carbocycles. The number of benzene rings is 2. The van der Waals surface area contributed by atoms with Crippen LogP contribution in [0.4, 0.5) is 13.2 Å². The van der Waals surface area contributed by atoms with Gasteiger partial charge in [0.2, 0.25) is 5.91 Å². The van der Waals surface area contributed by atoms with Gasteiger partial charge in [0.25, 0.3) is 0 Å². The van der Waals surface area contributed by atoms with Gasteiger partial charge in [-0.3, -0.25) is 9.69 Å². The molecule has 1 amide bonds. The molecule has 0 bridgehead atoms. The lowest BCUT2D eigenvalue weighted by molar-refractivity contribution is -0.122. The Hall–Kier alpha value is -2.34. The van der Waals surface area contributed by atoms with Crippen LogP contribution in [-0.2, 0) is 4.79 Å². The molecule has 0 radical (unpaired) electrons. The van der Waals surface area contributed by atoms with E-state index in [0.717, 1.165) is 24.9 Å². The Morgan fingerprint density at radius 1 is 1.16 bits per heavy atom. The summed E-state index contributed by atoms with van der Waals surface area (Å²) in [4.78, 5) is 13.6. The van der Waals surface area contributed by atoms with Crippen molar-refractivity contribution in [1.29, 1.82) is 0 Å². The van der Waals surface area contributed by atoms with E-state index in [0.29, 0.717) is 17.7 Å². The Labute approximate surface area is 144 Å². The topological polar surface area (TPSA) is 46.3 Å². The molecule has 1 unspecified atom stereocenters. The number of rotatable bonds is 4. The van der Waals surface area contributed by atoms with Gasteiger partial charge in [-0.05, 0) is 37.4 Å². The third kappa shape index (κ3) is 3.39. The maximum Gasteiger partial charge on any atom is 0.234 e. The zero-order chi connectivity index (χ0) is 18.1. The summed E-state index contributed by atoms with van der Waals surface area (Å²) in [6.07, 6.45) is 1.64. The molecule has 3 rings (SSSR count). The molecule has 0 spiro atoms. The van der Waals surface area contributed by atoms with Crippen molar-refractivity contribution in [3.8, 4) is 11.1 Å². The average molecular weight is 348 g/mol. The maximum absolute atomic E-state index is 13.9. The van der Waals surface area contributed by atoms with E-state index in [1.54, 1.807) is 24.3 Å². The van der Waals surface area contributed by atoms with Crippen LogP contribution in [0.15, 0.2) is 36.4 Å². The first-order chi connectivity index (χ1) is 11.9. The number of halogens is 3. The molecule has 2 atom stereocenters. The molecule has 1 saturated heterocycles. The summed E-state index contributed by atoms with van der Waals surface area (Å²) in [5.41, 5.74) is 6.45. The first-order valence-corrected chi connectivity index (χ1v) is 8.18. The molecule has 0 aliphatic carbocycles. The van der Waals surface area contributed by atoms with Crippen molar-refractivity contribution in [1.82, 2.24) is 4.90 Å². The highest BCUT2D eigenvalue weighted by Gasteiger charge is 2.32. The highest BCUT2D eigenvalue weighted by molar-refractivity contribution is 5.80. The third-order valence-electron chi connectivity index (χ3n) is 4.81. The third-order valence-corrected chi connectivity index (χ3v) is 4.81. The number of nitrogens with two attached hydrogens (primary N) is 1. The highest BCUT2D eigenvalue weighted by Crippen LogP contribution is 2.32. The summed E-state index contributed by atoms with van der Waals surface area (Å²) >= 11 is 0. The highest BCUT2D eigenvalue weighted by atomic mass is 19.1. The molecule has 132 valence electrons. The Balaban J connectivity index is 1.87. The molecule has 1 aliphatic heterocycles. The molecule has 1 heterocycles. The summed E-state index contributed by atoms with van der Waals surface area (Å²) in [7, 11) is 0. The van der Waals surface area contributed by atoms with E-state index < -0.39 is 17.5 Å². The van der Waals surface area contributed by atoms with Crippen molar-refractivity contribution >= 4 is 5.91 Å². The predicted molar refractivity (Wildman–Crippen MR) is 89.1 cm³/mol. The van der Waals surface area contributed by atoms with Crippen molar-refractivity contribution in [2.24, 2.45) is 5.73 Å². The lowest BCUT2D eigenvalue weighted by Gasteiger charge is -2.29. The van der Waals surface area contributed by atoms with E-state index in [4.69, 9.17) is 5.73 Å². The van der Waals surface area contributed by atoms with Crippen molar-refractivity contribution in [2.75, 3.05) is 6.54 Å². The van der Waals surface area contributed by atoms with E-state index in [-0.39, 0.29) is 23.6 Å². The van der Waals surface area contributed by atoms with Gasteiger partial charge in [0, 0.05) is 18.2 Å². The maximum atomic E-state index is 13.9. The van der Waals surface area contributed by atoms with Gasteiger partial charge in [-0.1, -0.05) is 24.3 Å². The Bertz CT molecular complexity index is 769. The minimum atomic E-state index is -0.949. The van der Waals surface area contributed by atoms with Gasteiger partial charge in [0.05, 0.1) is 11.6 Å². The largest absolute Gasteiger partial charge is 0.368 e. The molecule has 25 heavy (non-hydrogen) atoms. The number of amides is 1. The van der Waals surface area contributed by atoms with Crippen LogP contribution in [-0.4, -0.2) is 23.4 Å². The lowest BCUT2D eigenvalue weighted by atomic mass is 9.99. The molecule has 2 N–H and O–H groups in total. The molecule has 0 saturated carbocycles. The van der Waals surface area contributed by atoms with E-state index in [1.165, 1.54) is 0 Å². The quantitative estimate of drug-likeness (QED) is 0.914. The Morgan fingerprint density at radius 3 is 2.32 bits per heavy atom. The second-order valence-corrected chi connectivity index (χ2v) is 6.34. The summed E-state index contributed by atoms with van der Waals surface area (Å²) in [5, 5.41) is 0. The Morgan fingerprint density at radius 2 is 1.76 bits per heavy atom. The van der Waals surface area contributed by atoms with Gasteiger partial charge < -0.3 is 5.73 Å². The van der Waals surface area contributed by atoms with E-state index in [2.05, 4.69) is 0 Å². The minimum absolute atomic E-state index is 0.0445. The standard InChI is InChI=1S/C19H19F3N2O/c1-11(24-8-2-3-17(24)19(23)25)12-4-6-13(7-5-12)18-15(21)9-14(20)10-16(18)22/h4-7,9-11,17H,2-3,8H2,1H3,(H2,23,25)/t11-,17?/m0/s1. The number of likely N-dealkylation sites (tertiary alicyclic amines) is 1. The molecule has 1 fully saturated rings. The van der Waals surface area contributed by atoms with Gasteiger partial charge in [-0.2, -0.15) is 0 Å². The first-order valence-electron chi connectivity index (χ1n) is 8.18. The molecular weight excluding hydrogens is 329 g/mol. The van der Waals surface area contributed by atoms with E-state index >= 15 is 0 Å². The van der Waals surface area contributed by atoms with Gasteiger partial charge in [-0.15, -0.1) is 0 Å². The van der Waals surface area contributed by atoms with Crippen LogP contribution in [0.25, 0.3) is 11.1 Å². The fourth-order valence-electron chi connectivity index (χ4n) is 3.50. The summed E-state index contributed by atoms with van der Waals surface area (Å²) in [6, 6.07) is 7.71. The van der Waals surface area contributed by atoms with Gasteiger partial charge in [0.15, 0.2) is 0 Å². The van der Waals surface area contributed by atoms with E-state index in [9.17, 15) is 18.0 Å². The number of primary amides is 1. The van der Waals surface area contributed by atoms with Crippen LogP contribution >= 0.6 is 0 Å². The second kappa shape index (κ2) is 6.88. The van der Waals surface area contributed by atoms with E-state index in [1.807, 2.05) is 11.8 Å². The normalized spacial score (nSPS) is 19.1.